The molecule has 1 aromatic rings. The molecule has 1 heterocycles. The molecule has 2 nitrogen and oxygen atoms in total. The molecule has 1 saturated carbocycles. The summed E-state index contributed by atoms with van der Waals surface area (Å²) in [6, 6.07) is 8.05. The highest BCUT2D eigenvalue weighted by Crippen LogP contribution is 2.49. The predicted octanol–water partition coefficient (Wildman–Crippen LogP) is 2.90. The fourth-order valence-electron chi connectivity index (χ4n) is 2.76. The molecule has 0 N–H and O–H groups in total. The summed E-state index contributed by atoms with van der Waals surface area (Å²) in [6.07, 6.45) is 2.91. The fraction of sp³-hybridized carbons (Fsp3) is 0.500. The summed E-state index contributed by atoms with van der Waals surface area (Å²) >= 11 is 10.3. The van der Waals surface area contributed by atoms with E-state index in [0.29, 0.717) is 6.42 Å². The van der Waals surface area contributed by atoms with Gasteiger partial charge in [-0.1, -0.05) is 23.7 Å². The zero-order chi connectivity index (χ0) is 12.8. The summed E-state index contributed by atoms with van der Waals surface area (Å²) in [5, 5.41) is 0.973. The number of rotatable bonds is 3. The number of thiol groups is 1. The van der Waals surface area contributed by atoms with Crippen molar-refractivity contribution in [1.82, 2.24) is 4.90 Å². The zero-order valence-electron chi connectivity index (χ0n) is 10.1. The van der Waals surface area contributed by atoms with E-state index in [2.05, 4.69) is 24.8 Å². The minimum Gasteiger partial charge on any atom is -0.341 e. The second kappa shape index (κ2) is 4.46. The Balaban J connectivity index is 1.76. The maximum absolute atomic E-state index is 11.8. The molecule has 1 amide bonds. The Morgan fingerprint density at radius 1 is 1.33 bits per heavy atom. The Morgan fingerprint density at radius 3 is 2.50 bits per heavy atom. The van der Waals surface area contributed by atoms with E-state index in [1.54, 1.807) is 0 Å². The smallest absolute Gasteiger partial charge is 0.223 e. The Hall–Kier alpha value is -0.670. The van der Waals surface area contributed by atoms with Crippen LogP contribution in [0.3, 0.4) is 0 Å². The minimum atomic E-state index is 0.179. The molecule has 1 aromatic carbocycles. The summed E-state index contributed by atoms with van der Waals surface area (Å²) in [6.45, 7) is 1.63. The van der Waals surface area contributed by atoms with Crippen LogP contribution in [0.15, 0.2) is 24.3 Å². The Bertz CT molecular complexity index is 469. The molecule has 1 aliphatic heterocycles. The average molecular weight is 282 g/mol. The summed E-state index contributed by atoms with van der Waals surface area (Å²) < 4.78 is 0. The van der Waals surface area contributed by atoms with Gasteiger partial charge in [-0.15, -0.1) is 0 Å². The first-order chi connectivity index (χ1) is 8.59. The number of halogens is 1. The lowest BCUT2D eigenvalue weighted by Crippen LogP contribution is -2.33. The fourth-order valence-corrected chi connectivity index (χ4v) is 3.24. The van der Waals surface area contributed by atoms with Gasteiger partial charge in [0.25, 0.3) is 0 Å². The van der Waals surface area contributed by atoms with Crippen LogP contribution in [0.25, 0.3) is 0 Å². The van der Waals surface area contributed by atoms with Gasteiger partial charge in [-0.3, -0.25) is 4.79 Å². The van der Waals surface area contributed by atoms with Crippen LogP contribution < -0.4 is 0 Å². The van der Waals surface area contributed by atoms with E-state index < -0.39 is 0 Å². The molecule has 0 spiro atoms. The number of hydrogen-bond acceptors (Lipinski definition) is 2. The SMILES string of the molecule is O=C1CC(S)CN1CC1(c2ccc(Cl)cc2)CC1. The van der Waals surface area contributed by atoms with E-state index >= 15 is 0 Å². The lowest BCUT2D eigenvalue weighted by atomic mass is 9.95. The van der Waals surface area contributed by atoms with Crippen LogP contribution in [-0.2, 0) is 10.2 Å². The number of carbonyl (C=O) groups excluding carboxylic acids is 1. The molecule has 0 bridgehead atoms. The third-order valence-electron chi connectivity index (χ3n) is 4.00. The van der Waals surface area contributed by atoms with Gasteiger partial charge in [0, 0.05) is 35.2 Å². The first-order valence-corrected chi connectivity index (χ1v) is 7.20. The van der Waals surface area contributed by atoms with Crippen LogP contribution in [0.2, 0.25) is 5.02 Å². The molecule has 3 rings (SSSR count). The summed E-state index contributed by atoms with van der Waals surface area (Å²) in [5.74, 6) is 0.246. The van der Waals surface area contributed by atoms with Crippen molar-refractivity contribution in [3.8, 4) is 0 Å². The lowest BCUT2D eigenvalue weighted by Gasteiger charge is -2.24. The van der Waals surface area contributed by atoms with Crippen LogP contribution in [-0.4, -0.2) is 29.1 Å². The van der Waals surface area contributed by atoms with Gasteiger partial charge in [0.2, 0.25) is 5.91 Å². The molecule has 1 atom stereocenters. The van der Waals surface area contributed by atoms with Crippen LogP contribution in [0.1, 0.15) is 24.8 Å². The van der Waals surface area contributed by atoms with Crippen molar-refractivity contribution in [3.05, 3.63) is 34.9 Å². The number of carbonyl (C=O) groups is 1. The maximum atomic E-state index is 11.8. The van der Waals surface area contributed by atoms with Crippen LogP contribution in [0.5, 0.6) is 0 Å². The highest BCUT2D eigenvalue weighted by atomic mass is 35.5. The molecule has 1 aliphatic carbocycles. The van der Waals surface area contributed by atoms with E-state index in [9.17, 15) is 4.79 Å². The first kappa shape index (κ1) is 12.4. The molecule has 0 radical (unpaired) electrons. The topological polar surface area (TPSA) is 20.3 Å². The number of amides is 1. The molecule has 4 heteroatoms. The van der Waals surface area contributed by atoms with Crippen molar-refractivity contribution < 1.29 is 4.79 Å². The number of hydrogen-bond donors (Lipinski definition) is 1. The van der Waals surface area contributed by atoms with Crippen LogP contribution in [0, 0.1) is 0 Å². The van der Waals surface area contributed by atoms with Crippen molar-refractivity contribution in [3.63, 3.8) is 0 Å². The monoisotopic (exact) mass is 281 g/mol. The first-order valence-electron chi connectivity index (χ1n) is 6.31. The highest BCUT2D eigenvalue weighted by Gasteiger charge is 2.47. The molecular formula is C14H16ClNOS. The van der Waals surface area contributed by atoms with E-state index in [0.717, 1.165) is 31.0 Å². The Labute approximate surface area is 118 Å². The third kappa shape index (κ3) is 2.26. The molecular weight excluding hydrogens is 266 g/mol. The van der Waals surface area contributed by atoms with Gasteiger partial charge >= 0.3 is 0 Å². The number of likely N-dealkylation sites (tertiary alicyclic amines) is 1. The van der Waals surface area contributed by atoms with Gasteiger partial charge in [0.05, 0.1) is 0 Å². The zero-order valence-corrected chi connectivity index (χ0v) is 11.8. The molecule has 0 aromatic heterocycles. The van der Waals surface area contributed by atoms with E-state index in [1.165, 1.54) is 5.56 Å². The van der Waals surface area contributed by atoms with Gasteiger partial charge in [-0.05, 0) is 30.5 Å². The summed E-state index contributed by atoms with van der Waals surface area (Å²) in [4.78, 5) is 13.8. The van der Waals surface area contributed by atoms with Gasteiger partial charge in [0.1, 0.15) is 0 Å². The molecule has 2 fully saturated rings. The largest absolute Gasteiger partial charge is 0.341 e. The Kier molecular flexibility index (Phi) is 3.07. The number of benzene rings is 1. The summed E-state index contributed by atoms with van der Waals surface area (Å²) in [7, 11) is 0. The lowest BCUT2D eigenvalue weighted by molar-refractivity contribution is -0.128. The van der Waals surface area contributed by atoms with Crippen LogP contribution >= 0.6 is 24.2 Å². The molecule has 2 aliphatic rings. The van der Waals surface area contributed by atoms with Gasteiger partial charge in [0.15, 0.2) is 0 Å². The van der Waals surface area contributed by atoms with Crippen molar-refractivity contribution in [1.29, 1.82) is 0 Å². The molecule has 96 valence electrons. The van der Waals surface area contributed by atoms with Crippen LogP contribution in [0.4, 0.5) is 0 Å². The quantitative estimate of drug-likeness (QED) is 0.845. The summed E-state index contributed by atoms with van der Waals surface area (Å²) in [5.41, 5.74) is 1.49. The van der Waals surface area contributed by atoms with Crippen molar-refractivity contribution in [2.24, 2.45) is 0 Å². The standard InChI is InChI=1S/C14H16ClNOS/c15-11-3-1-10(2-4-11)14(5-6-14)9-16-8-12(18)7-13(16)17/h1-4,12,18H,5-9H2. The second-order valence-electron chi connectivity index (χ2n) is 5.42. The number of nitrogens with zero attached hydrogens (tertiary/aromatic N) is 1. The maximum Gasteiger partial charge on any atom is 0.223 e. The normalized spacial score (nSPS) is 25.6. The molecule has 1 saturated heterocycles. The molecule has 18 heavy (non-hydrogen) atoms. The van der Waals surface area contributed by atoms with Gasteiger partial charge in [-0.2, -0.15) is 12.6 Å². The predicted molar refractivity (Wildman–Crippen MR) is 76.3 cm³/mol. The van der Waals surface area contributed by atoms with E-state index in [1.807, 2.05) is 17.0 Å². The Morgan fingerprint density at radius 2 is 2.00 bits per heavy atom. The average Bonchev–Trinajstić information content (AvgIpc) is 3.03. The van der Waals surface area contributed by atoms with Crippen molar-refractivity contribution in [2.45, 2.75) is 29.9 Å². The van der Waals surface area contributed by atoms with Crippen molar-refractivity contribution in [2.75, 3.05) is 13.1 Å². The molecule has 1 unspecified atom stereocenters. The minimum absolute atomic E-state index is 0.179. The highest BCUT2D eigenvalue weighted by molar-refractivity contribution is 7.81. The third-order valence-corrected chi connectivity index (χ3v) is 4.60. The van der Waals surface area contributed by atoms with Gasteiger partial charge in [-0.25, -0.2) is 0 Å². The second-order valence-corrected chi connectivity index (χ2v) is 6.59. The van der Waals surface area contributed by atoms with Gasteiger partial charge < -0.3 is 4.90 Å². The van der Waals surface area contributed by atoms with E-state index in [4.69, 9.17) is 11.6 Å². The van der Waals surface area contributed by atoms with Crippen molar-refractivity contribution >= 4 is 30.1 Å². The van der Waals surface area contributed by atoms with E-state index in [-0.39, 0.29) is 16.6 Å².